The maximum Gasteiger partial charge on any atom is 0.0840 e. The van der Waals surface area contributed by atoms with Crippen molar-refractivity contribution in [2.75, 3.05) is 6.61 Å². The average Bonchev–Trinajstić information content (AvgIpc) is 2.17. The van der Waals surface area contributed by atoms with Gasteiger partial charge in [0.25, 0.3) is 0 Å². The van der Waals surface area contributed by atoms with Crippen LogP contribution < -0.4 is 0 Å². The fraction of sp³-hybridized carbons (Fsp3) is 0.538. The van der Waals surface area contributed by atoms with Crippen LogP contribution in [0.25, 0.3) is 0 Å². The van der Waals surface area contributed by atoms with E-state index in [1.165, 1.54) is 0 Å². The molecule has 0 radical (unpaired) electrons. The lowest BCUT2D eigenvalue weighted by molar-refractivity contribution is 0.0783. The van der Waals surface area contributed by atoms with Gasteiger partial charge in [0.15, 0.2) is 0 Å². The molecule has 2 heteroatoms. The minimum atomic E-state index is -0.832. The number of hydrogen-bond donors (Lipinski definition) is 2. The van der Waals surface area contributed by atoms with Gasteiger partial charge in [-0.15, -0.1) is 0 Å². The Morgan fingerprint density at radius 2 is 1.60 bits per heavy atom. The highest BCUT2D eigenvalue weighted by Crippen LogP contribution is 2.27. The summed E-state index contributed by atoms with van der Waals surface area (Å²) in [7, 11) is 0. The maximum absolute atomic E-state index is 9.89. The third-order valence-corrected chi connectivity index (χ3v) is 2.75. The molecule has 1 aromatic rings. The molecule has 1 rings (SSSR count). The molecule has 1 aromatic carbocycles. The first-order valence-corrected chi connectivity index (χ1v) is 5.21. The van der Waals surface area contributed by atoms with Crippen LogP contribution in [0.2, 0.25) is 0 Å². The zero-order chi connectivity index (χ0) is 11.7. The molecule has 15 heavy (non-hydrogen) atoms. The predicted octanol–water partition coefficient (Wildman–Crippen LogP) is 2.18. The fourth-order valence-electron chi connectivity index (χ4n) is 1.41. The van der Waals surface area contributed by atoms with Gasteiger partial charge in [0.05, 0.1) is 12.2 Å². The summed E-state index contributed by atoms with van der Waals surface area (Å²) in [5, 5.41) is 19.2. The predicted molar refractivity (Wildman–Crippen MR) is 61.8 cm³/mol. The topological polar surface area (TPSA) is 40.5 Å². The number of aliphatic hydroxyl groups is 2. The monoisotopic (exact) mass is 208 g/mol. The molecule has 84 valence electrons. The van der Waals surface area contributed by atoms with Gasteiger partial charge in [-0.1, -0.05) is 38.1 Å². The zero-order valence-corrected chi connectivity index (χ0v) is 9.91. The van der Waals surface area contributed by atoms with Crippen LogP contribution in [0.3, 0.4) is 0 Å². The lowest BCUT2D eigenvalue weighted by Gasteiger charge is -2.25. The Labute approximate surface area is 91.6 Å². The van der Waals surface area contributed by atoms with Crippen molar-refractivity contribution in [3.63, 3.8) is 0 Å². The van der Waals surface area contributed by atoms with Gasteiger partial charge in [-0.2, -0.15) is 0 Å². The van der Waals surface area contributed by atoms with E-state index in [-0.39, 0.29) is 12.0 Å². The van der Waals surface area contributed by atoms with E-state index in [1.54, 1.807) is 13.8 Å². The molecule has 0 spiro atoms. The fourth-order valence-corrected chi connectivity index (χ4v) is 1.41. The smallest absolute Gasteiger partial charge is 0.0840 e. The molecule has 0 bridgehead atoms. The standard InChI is InChI=1S/C13H20O2/c1-12(2,9-14)10-6-5-7-11(8-10)13(3,4)15/h5-8,14-15H,9H2,1-4H3. The summed E-state index contributed by atoms with van der Waals surface area (Å²) in [5.41, 5.74) is 0.828. The second kappa shape index (κ2) is 3.95. The summed E-state index contributed by atoms with van der Waals surface area (Å²) >= 11 is 0. The van der Waals surface area contributed by atoms with Crippen LogP contribution in [0.4, 0.5) is 0 Å². The Kier molecular flexibility index (Phi) is 3.22. The molecule has 2 nitrogen and oxygen atoms in total. The van der Waals surface area contributed by atoms with E-state index in [2.05, 4.69) is 0 Å². The van der Waals surface area contributed by atoms with E-state index in [4.69, 9.17) is 0 Å². The van der Waals surface area contributed by atoms with Gasteiger partial charge < -0.3 is 10.2 Å². The highest BCUT2D eigenvalue weighted by atomic mass is 16.3. The van der Waals surface area contributed by atoms with E-state index >= 15 is 0 Å². The van der Waals surface area contributed by atoms with Crippen molar-refractivity contribution in [1.29, 1.82) is 0 Å². The lowest BCUT2D eigenvalue weighted by Crippen LogP contribution is -2.23. The second-order valence-corrected chi connectivity index (χ2v) is 5.18. The minimum absolute atomic E-state index is 0.0995. The molecule has 0 fully saturated rings. The molecule has 0 heterocycles. The van der Waals surface area contributed by atoms with Gasteiger partial charge in [-0.25, -0.2) is 0 Å². The third kappa shape index (κ3) is 2.80. The minimum Gasteiger partial charge on any atom is -0.395 e. The van der Waals surface area contributed by atoms with Gasteiger partial charge in [0, 0.05) is 5.41 Å². The van der Waals surface area contributed by atoms with Crippen molar-refractivity contribution in [1.82, 2.24) is 0 Å². The van der Waals surface area contributed by atoms with Crippen LogP contribution in [0.1, 0.15) is 38.8 Å². The number of rotatable bonds is 3. The highest BCUT2D eigenvalue weighted by molar-refractivity contribution is 5.31. The summed E-state index contributed by atoms with van der Waals surface area (Å²) in [6.07, 6.45) is 0. The van der Waals surface area contributed by atoms with Crippen LogP contribution in [0.15, 0.2) is 24.3 Å². The first kappa shape index (κ1) is 12.2. The van der Waals surface area contributed by atoms with E-state index in [0.717, 1.165) is 11.1 Å². The summed E-state index contributed by atoms with van der Waals surface area (Å²) < 4.78 is 0. The molecule has 0 aliphatic carbocycles. The molecule has 0 unspecified atom stereocenters. The van der Waals surface area contributed by atoms with E-state index in [0.29, 0.717) is 0 Å². The Hall–Kier alpha value is -0.860. The van der Waals surface area contributed by atoms with Crippen molar-refractivity contribution in [2.24, 2.45) is 0 Å². The highest BCUT2D eigenvalue weighted by Gasteiger charge is 2.22. The van der Waals surface area contributed by atoms with Gasteiger partial charge in [-0.05, 0) is 25.0 Å². The molecule has 0 atom stereocenters. The second-order valence-electron chi connectivity index (χ2n) is 5.18. The summed E-state index contributed by atoms with van der Waals surface area (Å²) in [4.78, 5) is 0. The quantitative estimate of drug-likeness (QED) is 0.799. The third-order valence-electron chi connectivity index (χ3n) is 2.75. The molecule has 2 N–H and O–H groups in total. The first-order chi connectivity index (χ1) is 6.77. The summed E-state index contributed by atoms with van der Waals surface area (Å²) in [6, 6.07) is 7.75. The van der Waals surface area contributed by atoms with Crippen molar-refractivity contribution in [2.45, 2.75) is 38.7 Å². The number of hydrogen-bond acceptors (Lipinski definition) is 2. The number of aliphatic hydroxyl groups excluding tert-OH is 1. The van der Waals surface area contributed by atoms with Crippen LogP contribution in [0.5, 0.6) is 0 Å². The molecule has 0 aromatic heterocycles. The van der Waals surface area contributed by atoms with Gasteiger partial charge >= 0.3 is 0 Å². The van der Waals surface area contributed by atoms with Crippen LogP contribution >= 0.6 is 0 Å². The van der Waals surface area contributed by atoms with Gasteiger partial charge in [-0.3, -0.25) is 0 Å². The zero-order valence-electron chi connectivity index (χ0n) is 9.91. The molecular formula is C13H20O2. The molecule has 0 aliphatic heterocycles. The van der Waals surface area contributed by atoms with E-state index in [1.807, 2.05) is 38.1 Å². The average molecular weight is 208 g/mol. The molecular weight excluding hydrogens is 188 g/mol. The van der Waals surface area contributed by atoms with E-state index < -0.39 is 5.60 Å². The Bertz CT molecular complexity index is 335. The van der Waals surface area contributed by atoms with Gasteiger partial charge in [0.1, 0.15) is 0 Å². The first-order valence-electron chi connectivity index (χ1n) is 5.21. The van der Waals surface area contributed by atoms with Crippen LogP contribution in [-0.4, -0.2) is 16.8 Å². The molecule has 0 saturated carbocycles. The Morgan fingerprint density at radius 3 is 2.07 bits per heavy atom. The van der Waals surface area contributed by atoms with Gasteiger partial charge in [0.2, 0.25) is 0 Å². The molecule has 0 aliphatic rings. The largest absolute Gasteiger partial charge is 0.395 e. The number of benzene rings is 1. The lowest BCUT2D eigenvalue weighted by atomic mass is 9.83. The molecule has 0 saturated heterocycles. The summed E-state index contributed by atoms with van der Waals surface area (Å²) in [5.74, 6) is 0. The van der Waals surface area contributed by atoms with Crippen molar-refractivity contribution >= 4 is 0 Å². The SMILES string of the molecule is CC(C)(O)c1cccc(C(C)(C)CO)c1. The summed E-state index contributed by atoms with van der Waals surface area (Å²) in [6.45, 7) is 7.59. The van der Waals surface area contributed by atoms with Crippen LogP contribution in [0, 0.1) is 0 Å². The maximum atomic E-state index is 9.89. The van der Waals surface area contributed by atoms with Crippen molar-refractivity contribution in [3.8, 4) is 0 Å². The van der Waals surface area contributed by atoms with Crippen molar-refractivity contribution < 1.29 is 10.2 Å². The normalized spacial score (nSPS) is 12.9. The van der Waals surface area contributed by atoms with Crippen LogP contribution in [-0.2, 0) is 11.0 Å². The molecule has 0 amide bonds. The van der Waals surface area contributed by atoms with Crippen molar-refractivity contribution in [3.05, 3.63) is 35.4 Å². The van der Waals surface area contributed by atoms with E-state index in [9.17, 15) is 10.2 Å². The Balaban J connectivity index is 3.14. The Morgan fingerprint density at radius 1 is 1.07 bits per heavy atom.